The van der Waals surface area contributed by atoms with E-state index in [9.17, 15) is 4.79 Å². The van der Waals surface area contributed by atoms with Crippen LogP contribution in [0.15, 0.2) is 42.0 Å². The van der Waals surface area contributed by atoms with E-state index in [4.69, 9.17) is 4.74 Å². The first-order valence-electron chi connectivity index (χ1n) is 8.51. The molecule has 0 bridgehead atoms. The third-order valence-corrected chi connectivity index (χ3v) is 4.12. The van der Waals surface area contributed by atoms with Crippen LogP contribution in [0.1, 0.15) is 52.5 Å². The van der Waals surface area contributed by atoms with E-state index in [2.05, 4.69) is 42.2 Å². The second-order valence-electron chi connectivity index (χ2n) is 7.33. The maximum absolute atomic E-state index is 12.0. The minimum absolute atomic E-state index is 0.101. The van der Waals surface area contributed by atoms with E-state index in [1.807, 2.05) is 26.8 Å². The number of carbonyl (C=O) groups is 1. The lowest BCUT2D eigenvalue weighted by atomic mass is 9.96. The van der Waals surface area contributed by atoms with E-state index in [0.717, 1.165) is 25.9 Å². The Bertz CT molecular complexity index is 543. The van der Waals surface area contributed by atoms with E-state index in [1.165, 1.54) is 11.1 Å². The average Bonchev–Trinajstić information content (AvgIpc) is 2.46. The molecule has 0 aliphatic carbocycles. The van der Waals surface area contributed by atoms with Crippen LogP contribution >= 0.6 is 0 Å². The molecule has 1 aliphatic rings. The summed E-state index contributed by atoms with van der Waals surface area (Å²) in [5.74, 6) is -0.101. The van der Waals surface area contributed by atoms with Crippen molar-refractivity contribution in [3.63, 3.8) is 0 Å². The Balaban J connectivity index is 1.96. The van der Waals surface area contributed by atoms with Crippen LogP contribution in [0.2, 0.25) is 0 Å². The van der Waals surface area contributed by atoms with E-state index < -0.39 is 5.60 Å². The molecule has 1 aromatic carbocycles. The molecule has 0 aromatic heterocycles. The molecule has 1 aliphatic heterocycles. The Morgan fingerprint density at radius 3 is 2.61 bits per heavy atom. The molecule has 1 unspecified atom stereocenters. The fraction of sp³-hybridized carbons (Fsp3) is 0.550. The minimum Gasteiger partial charge on any atom is -0.460 e. The molecule has 1 heterocycles. The maximum Gasteiger partial charge on any atom is 0.306 e. The fourth-order valence-corrected chi connectivity index (χ4v) is 3.10. The van der Waals surface area contributed by atoms with Crippen molar-refractivity contribution in [2.45, 2.75) is 65.1 Å². The van der Waals surface area contributed by atoms with Crippen LogP contribution in [0, 0.1) is 0 Å². The summed E-state index contributed by atoms with van der Waals surface area (Å²) in [6, 6.07) is 10.9. The number of hydrogen-bond acceptors (Lipinski definition) is 3. The van der Waals surface area contributed by atoms with Crippen molar-refractivity contribution in [2.24, 2.45) is 0 Å². The van der Waals surface area contributed by atoms with Gasteiger partial charge in [-0.2, -0.15) is 0 Å². The van der Waals surface area contributed by atoms with Gasteiger partial charge in [-0.1, -0.05) is 42.0 Å². The van der Waals surface area contributed by atoms with Crippen molar-refractivity contribution < 1.29 is 9.53 Å². The molecule has 126 valence electrons. The highest BCUT2D eigenvalue weighted by molar-refractivity contribution is 5.69. The molecule has 1 atom stereocenters. The topological polar surface area (TPSA) is 29.5 Å². The van der Waals surface area contributed by atoms with Gasteiger partial charge in [-0.25, -0.2) is 0 Å². The molecule has 23 heavy (non-hydrogen) atoms. The molecule has 0 radical (unpaired) electrons. The quantitative estimate of drug-likeness (QED) is 0.598. The van der Waals surface area contributed by atoms with Crippen molar-refractivity contribution in [1.82, 2.24) is 4.90 Å². The van der Waals surface area contributed by atoms with E-state index >= 15 is 0 Å². The fourth-order valence-electron chi connectivity index (χ4n) is 3.10. The molecule has 3 heteroatoms. The molecule has 0 spiro atoms. The summed E-state index contributed by atoms with van der Waals surface area (Å²) in [4.78, 5) is 14.5. The predicted octanol–water partition coefficient (Wildman–Crippen LogP) is 4.33. The lowest BCUT2D eigenvalue weighted by Gasteiger charge is -2.35. The summed E-state index contributed by atoms with van der Waals surface area (Å²) in [5, 5.41) is 0. The summed E-state index contributed by atoms with van der Waals surface area (Å²) in [6.45, 7) is 9.91. The van der Waals surface area contributed by atoms with Gasteiger partial charge in [-0.3, -0.25) is 9.69 Å². The minimum atomic E-state index is -0.405. The zero-order valence-electron chi connectivity index (χ0n) is 14.8. The highest BCUT2D eigenvalue weighted by Gasteiger charge is 2.25. The van der Waals surface area contributed by atoms with Crippen LogP contribution in [0.25, 0.3) is 0 Å². The van der Waals surface area contributed by atoms with Crippen molar-refractivity contribution in [3.8, 4) is 0 Å². The Morgan fingerprint density at radius 2 is 1.96 bits per heavy atom. The first-order chi connectivity index (χ1) is 10.8. The van der Waals surface area contributed by atoms with Gasteiger partial charge in [-0.15, -0.1) is 0 Å². The lowest BCUT2D eigenvalue weighted by Crippen LogP contribution is -2.39. The van der Waals surface area contributed by atoms with Gasteiger partial charge in [0.15, 0.2) is 0 Å². The van der Waals surface area contributed by atoms with Crippen molar-refractivity contribution in [2.75, 3.05) is 6.54 Å². The zero-order chi connectivity index (χ0) is 16.9. The van der Waals surface area contributed by atoms with Gasteiger partial charge in [0.2, 0.25) is 0 Å². The van der Waals surface area contributed by atoms with Crippen LogP contribution in [0.4, 0.5) is 0 Å². The maximum atomic E-state index is 12.0. The van der Waals surface area contributed by atoms with E-state index in [-0.39, 0.29) is 5.97 Å². The van der Waals surface area contributed by atoms with Gasteiger partial charge in [0.05, 0.1) is 0 Å². The van der Waals surface area contributed by atoms with E-state index in [0.29, 0.717) is 12.5 Å². The number of hydrogen-bond donors (Lipinski definition) is 0. The Morgan fingerprint density at radius 1 is 1.26 bits per heavy atom. The molecule has 3 nitrogen and oxygen atoms in total. The second kappa shape index (κ2) is 7.78. The van der Waals surface area contributed by atoms with Crippen LogP contribution in [0.5, 0.6) is 0 Å². The first-order valence-corrected chi connectivity index (χ1v) is 8.51. The smallest absolute Gasteiger partial charge is 0.306 e. The summed E-state index contributed by atoms with van der Waals surface area (Å²) in [6.07, 6.45) is 4.69. The molecule has 0 amide bonds. The lowest BCUT2D eigenvalue weighted by molar-refractivity contribution is -0.155. The highest BCUT2D eigenvalue weighted by atomic mass is 16.6. The monoisotopic (exact) mass is 315 g/mol. The second-order valence-corrected chi connectivity index (χ2v) is 7.33. The Hall–Kier alpha value is -1.61. The molecule has 0 saturated carbocycles. The third-order valence-electron chi connectivity index (χ3n) is 4.12. The summed E-state index contributed by atoms with van der Waals surface area (Å²) < 4.78 is 5.44. The number of benzene rings is 1. The molecule has 0 saturated heterocycles. The van der Waals surface area contributed by atoms with Gasteiger partial charge in [0.25, 0.3) is 0 Å². The van der Waals surface area contributed by atoms with Crippen molar-refractivity contribution >= 4 is 5.97 Å². The number of carbonyl (C=O) groups excluding carboxylic acids is 1. The first kappa shape index (κ1) is 17.7. The van der Waals surface area contributed by atoms with Gasteiger partial charge in [-0.05, 0) is 46.1 Å². The van der Waals surface area contributed by atoms with Crippen molar-refractivity contribution in [1.29, 1.82) is 0 Å². The van der Waals surface area contributed by atoms with Gasteiger partial charge in [0.1, 0.15) is 5.60 Å². The van der Waals surface area contributed by atoms with Crippen LogP contribution < -0.4 is 0 Å². The van der Waals surface area contributed by atoms with E-state index in [1.54, 1.807) is 0 Å². The number of rotatable bonds is 5. The standard InChI is InChI=1S/C20H29NO2/c1-16-9-8-14-21(15-17-10-6-5-7-11-17)18(16)12-13-19(22)23-20(2,3)4/h5-7,9-11,18H,8,12-15H2,1-4H3. The van der Waals surface area contributed by atoms with Crippen LogP contribution in [0.3, 0.4) is 0 Å². The van der Waals surface area contributed by atoms with Gasteiger partial charge in [0, 0.05) is 25.6 Å². The van der Waals surface area contributed by atoms with Gasteiger partial charge >= 0.3 is 5.97 Å². The summed E-state index contributed by atoms with van der Waals surface area (Å²) in [5.41, 5.74) is 2.29. The highest BCUT2D eigenvalue weighted by Crippen LogP contribution is 2.24. The van der Waals surface area contributed by atoms with Gasteiger partial charge < -0.3 is 4.74 Å². The molecular formula is C20H29NO2. The Labute approximate surface area is 140 Å². The van der Waals surface area contributed by atoms with Crippen LogP contribution in [-0.4, -0.2) is 29.1 Å². The molecule has 0 N–H and O–H groups in total. The van der Waals surface area contributed by atoms with Crippen molar-refractivity contribution in [3.05, 3.63) is 47.5 Å². The average molecular weight is 315 g/mol. The number of esters is 1. The summed E-state index contributed by atoms with van der Waals surface area (Å²) >= 11 is 0. The predicted molar refractivity (Wildman–Crippen MR) is 94.1 cm³/mol. The SMILES string of the molecule is CC1=CCCN(Cc2ccccc2)C1CCC(=O)OC(C)(C)C. The van der Waals surface area contributed by atoms with Crippen LogP contribution in [-0.2, 0) is 16.1 Å². The normalized spacial score (nSPS) is 19.3. The number of ether oxygens (including phenoxy) is 1. The molecule has 0 fully saturated rings. The molecule has 1 aromatic rings. The zero-order valence-corrected chi connectivity index (χ0v) is 14.8. The Kier molecular flexibility index (Phi) is 6.00. The largest absolute Gasteiger partial charge is 0.460 e. The molecular weight excluding hydrogens is 286 g/mol. The molecule has 2 rings (SSSR count). The third kappa shape index (κ3) is 5.83. The number of nitrogens with zero attached hydrogens (tertiary/aromatic N) is 1. The summed E-state index contributed by atoms with van der Waals surface area (Å²) in [7, 11) is 0.